The lowest BCUT2D eigenvalue weighted by atomic mass is 10.1. The summed E-state index contributed by atoms with van der Waals surface area (Å²) < 4.78 is 2.09. The van der Waals surface area contributed by atoms with Crippen LogP contribution in [0.25, 0.3) is 11.5 Å². The predicted molar refractivity (Wildman–Crippen MR) is 82.0 cm³/mol. The van der Waals surface area contributed by atoms with Crippen molar-refractivity contribution in [3.05, 3.63) is 54.2 Å². The summed E-state index contributed by atoms with van der Waals surface area (Å²) in [5, 5.41) is 0. The van der Waals surface area contributed by atoms with Gasteiger partial charge in [0.05, 0.1) is 6.20 Å². The van der Waals surface area contributed by atoms with Crippen LogP contribution in [0.15, 0.2) is 36.7 Å². The van der Waals surface area contributed by atoms with Crippen molar-refractivity contribution in [2.45, 2.75) is 39.2 Å². The maximum Gasteiger partial charge on any atom is 0.183 e. The summed E-state index contributed by atoms with van der Waals surface area (Å²) in [4.78, 5) is 13.1. The van der Waals surface area contributed by atoms with E-state index in [-0.39, 0.29) is 0 Å². The highest BCUT2D eigenvalue weighted by Crippen LogP contribution is 2.17. The quantitative estimate of drug-likeness (QED) is 0.650. The first kappa shape index (κ1) is 13.7. The van der Waals surface area contributed by atoms with E-state index in [4.69, 9.17) is 0 Å². The summed E-state index contributed by atoms with van der Waals surface area (Å²) in [6, 6.07) is 10.4. The average Bonchev–Trinajstić information content (AvgIpc) is 2.96. The molecule has 2 aliphatic heterocycles. The molecule has 0 saturated heterocycles. The molecule has 1 aromatic rings. The van der Waals surface area contributed by atoms with Gasteiger partial charge in [-0.2, -0.15) is 0 Å². The molecule has 1 radical (unpaired) electrons. The lowest BCUT2D eigenvalue weighted by molar-refractivity contribution is 0.630. The number of unbranched alkanes of at least 4 members (excludes halogenated alkanes) is 2. The number of aromatic nitrogens is 4. The minimum atomic E-state index is 0.700. The predicted octanol–water partition coefficient (Wildman–Crippen LogP) is 3.36. The van der Waals surface area contributed by atoms with Gasteiger partial charge in [-0.1, -0.05) is 50.1 Å². The minimum Gasteiger partial charge on any atom is -0.322 e. The highest BCUT2D eigenvalue weighted by Gasteiger charge is 2.13. The summed E-state index contributed by atoms with van der Waals surface area (Å²) in [6.45, 7) is 2.99. The minimum absolute atomic E-state index is 0.700. The molecule has 0 unspecified atom stereocenters. The van der Waals surface area contributed by atoms with Gasteiger partial charge in [0.1, 0.15) is 17.8 Å². The fourth-order valence-electron chi connectivity index (χ4n) is 2.42. The number of benzene rings is 1. The van der Waals surface area contributed by atoms with Crippen molar-refractivity contribution in [2.24, 2.45) is 0 Å². The van der Waals surface area contributed by atoms with E-state index >= 15 is 0 Å². The SMILES string of the molecule is CCCCCc1nc2ncnc-2[c]n1Cc1ccccc1. The second kappa shape index (κ2) is 6.48. The van der Waals surface area contributed by atoms with Gasteiger partial charge in [-0.25, -0.2) is 15.0 Å². The van der Waals surface area contributed by atoms with Crippen LogP contribution in [0, 0.1) is 6.20 Å². The largest absolute Gasteiger partial charge is 0.322 e. The van der Waals surface area contributed by atoms with Gasteiger partial charge in [0.25, 0.3) is 0 Å². The zero-order chi connectivity index (χ0) is 14.5. The zero-order valence-electron chi connectivity index (χ0n) is 12.3. The van der Waals surface area contributed by atoms with Crippen molar-refractivity contribution in [2.75, 3.05) is 0 Å². The number of rotatable bonds is 6. The maximum atomic E-state index is 4.66. The molecule has 0 saturated carbocycles. The summed E-state index contributed by atoms with van der Waals surface area (Å²) in [5.41, 5.74) is 1.99. The van der Waals surface area contributed by atoms with Crippen molar-refractivity contribution >= 4 is 0 Å². The molecule has 3 rings (SSSR count). The Morgan fingerprint density at radius 1 is 1.10 bits per heavy atom. The highest BCUT2D eigenvalue weighted by molar-refractivity contribution is 5.47. The second-order valence-corrected chi connectivity index (χ2v) is 5.21. The normalized spacial score (nSPS) is 11.1. The van der Waals surface area contributed by atoms with Crippen LogP contribution in [-0.2, 0) is 13.0 Å². The van der Waals surface area contributed by atoms with E-state index in [2.05, 4.69) is 56.9 Å². The molecule has 0 amide bonds. The molecule has 0 aromatic heterocycles. The maximum absolute atomic E-state index is 4.66. The van der Waals surface area contributed by atoms with E-state index in [1.807, 2.05) is 6.07 Å². The highest BCUT2D eigenvalue weighted by atomic mass is 15.1. The Labute approximate surface area is 125 Å². The standard InChI is InChI=1S/C17H19N4/c1-2-3-5-10-16-20-17-15(18-13-19-17)12-21(16)11-14-8-6-4-7-9-14/h4,6-9,13H,2-3,5,10-11H2,1H3. The third kappa shape index (κ3) is 3.27. The van der Waals surface area contributed by atoms with Gasteiger partial charge in [-0.3, -0.25) is 0 Å². The van der Waals surface area contributed by atoms with Crippen molar-refractivity contribution in [1.82, 2.24) is 19.5 Å². The van der Waals surface area contributed by atoms with Gasteiger partial charge in [0.2, 0.25) is 0 Å². The van der Waals surface area contributed by atoms with Crippen molar-refractivity contribution in [1.29, 1.82) is 0 Å². The molecule has 0 fully saturated rings. The molecule has 0 atom stereocenters. The van der Waals surface area contributed by atoms with Crippen molar-refractivity contribution in [3.8, 4) is 11.5 Å². The number of fused-ring (bicyclic) bond motifs is 1. The molecule has 2 aliphatic rings. The van der Waals surface area contributed by atoms with Crippen LogP contribution in [0.4, 0.5) is 0 Å². The Balaban J connectivity index is 1.90. The van der Waals surface area contributed by atoms with Crippen molar-refractivity contribution in [3.63, 3.8) is 0 Å². The molecular formula is C17H19N4. The third-order valence-corrected chi connectivity index (χ3v) is 3.55. The molecule has 0 bridgehead atoms. The van der Waals surface area contributed by atoms with E-state index in [1.165, 1.54) is 18.4 Å². The first-order chi connectivity index (χ1) is 10.4. The van der Waals surface area contributed by atoms with Crippen LogP contribution in [0.2, 0.25) is 0 Å². The van der Waals surface area contributed by atoms with Gasteiger partial charge >= 0.3 is 0 Å². The molecule has 107 valence electrons. The van der Waals surface area contributed by atoms with E-state index in [0.717, 1.165) is 30.9 Å². The van der Waals surface area contributed by atoms with Gasteiger partial charge in [0.15, 0.2) is 5.82 Å². The Bertz CT molecular complexity index is 660. The topological polar surface area (TPSA) is 43.6 Å². The van der Waals surface area contributed by atoms with E-state index in [9.17, 15) is 0 Å². The number of aryl methyl sites for hydroxylation is 1. The molecular weight excluding hydrogens is 260 g/mol. The first-order valence-electron chi connectivity index (χ1n) is 7.50. The fourth-order valence-corrected chi connectivity index (χ4v) is 2.42. The van der Waals surface area contributed by atoms with Crippen molar-refractivity contribution < 1.29 is 0 Å². The molecule has 1 aromatic carbocycles. The third-order valence-electron chi connectivity index (χ3n) is 3.55. The molecule has 0 spiro atoms. The lowest BCUT2D eigenvalue weighted by Crippen LogP contribution is -2.12. The van der Waals surface area contributed by atoms with Gasteiger partial charge in [-0.15, -0.1) is 0 Å². The second-order valence-electron chi connectivity index (χ2n) is 5.21. The van der Waals surface area contributed by atoms with Crippen LogP contribution >= 0.6 is 0 Å². The zero-order valence-corrected chi connectivity index (χ0v) is 12.3. The first-order valence-corrected chi connectivity index (χ1v) is 7.50. The van der Waals surface area contributed by atoms with Gasteiger partial charge in [0, 0.05) is 13.0 Å². The average molecular weight is 279 g/mol. The molecule has 4 heteroatoms. The van der Waals surface area contributed by atoms with E-state index in [0.29, 0.717) is 5.82 Å². The number of imidazole rings is 1. The molecule has 0 aliphatic carbocycles. The summed E-state index contributed by atoms with van der Waals surface area (Å²) in [5.74, 6) is 1.74. The summed E-state index contributed by atoms with van der Waals surface area (Å²) >= 11 is 0. The number of hydrogen-bond donors (Lipinski definition) is 0. The molecule has 0 N–H and O–H groups in total. The Hall–Kier alpha value is -2.23. The van der Waals surface area contributed by atoms with Gasteiger partial charge < -0.3 is 4.57 Å². The van der Waals surface area contributed by atoms with Crippen LogP contribution in [0.5, 0.6) is 0 Å². The fraction of sp³-hybridized carbons (Fsp3) is 0.353. The monoisotopic (exact) mass is 279 g/mol. The van der Waals surface area contributed by atoms with Gasteiger partial charge in [-0.05, 0) is 12.0 Å². The smallest absolute Gasteiger partial charge is 0.183 e. The Morgan fingerprint density at radius 3 is 2.76 bits per heavy atom. The molecule has 4 nitrogen and oxygen atoms in total. The lowest BCUT2D eigenvalue weighted by Gasteiger charge is -2.13. The number of nitrogens with zero attached hydrogens (tertiary/aromatic N) is 4. The van der Waals surface area contributed by atoms with E-state index < -0.39 is 0 Å². The molecule has 2 heterocycles. The van der Waals surface area contributed by atoms with Crippen LogP contribution in [0.3, 0.4) is 0 Å². The Morgan fingerprint density at radius 2 is 1.95 bits per heavy atom. The Kier molecular flexibility index (Phi) is 4.24. The number of hydrogen-bond acceptors (Lipinski definition) is 3. The van der Waals surface area contributed by atoms with E-state index in [1.54, 1.807) is 6.33 Å². The van der Waals surface area contributed by atoms with Crippen LogP contribution < -0.4 is 0 Å². The molecule has 21 heavy (non-hydrogen) atoms. The van der Waals surface area contributed by atoms with Crippen LogP contribution in [-0.4, -0.2) is 19.5 Å². The summed E-state index contributed by atoms with van der Waals surface area (Å²) in [7, 11) is 0. The van der Waals surface area contributed by atoms with Crippen LogP contribution in [0.1, 0.15) is 37.6 Å². The summed E-state index contributed by atoms with van der Waals surface area (Å²) in [6.07, 6.45) is 9.42.